The van der Waals surface area contributed by atoms with Crippen molar-refractivity contribution in [1.29, 1.82) is 0 Å². The summed E-state index contributed by atoms with van der Waals surface area (Å²) in [7, 11) is 0. The van der Waals surface area contributed by atoms with E-state index in [2.05, 4.69) is 21.2 Å². The summed E-state index contributed by atoms with van der Waals surface area (Å²) in [5, 5.41) is 3.55. The number of carbonyl (C=O) groups excluding carboxylic acids is 1. The Morgan fingerprint density at radius 1 is 1.11 bits per heavy atom. The van der Waals surface area contributed by atoms with Crippen molar-refractivity contribution in [2.24, 2.45) is 0 Å². The van der Waals surface area contributed by atoms with Crippen LogP contribution in [0, 0.1) is 13.8 Å². The minimum atomic E-state index is -0.124. The van der Waals surface area contributed by atoms with Gasteiger partial charge in [-0.25, -0.2) is 0 Å². The van der Waals surface area contributed by atoms with E-state index >= 15 is 0 Å². The number of aryl methyl sites for hydroxylation is 2. The molecule has 98 valence electrons. The van der Waals surface area contributed by atoms with Gasteiger partial charge in [-0.1, -0.05) is 27.5 Å². The lowest BCUT2D eigenvalue weighted by Gasteiger charge is -2.09. The van der Waals surface area contributed by atoms with Gasteiger partial charge in [-0.05, 0) is 61.4 Å². The number of carbonyl (C=O) groups is 1. The largest absolute Gasteiger partial charge is 0.322 e. The van der Waals surface area contributed by atoms with Crippen LogP contribution in [0.5, 0.6) is 0 Å². The zero-order valence-electron chi connectivity index (χ0n) is 10.6. The van der Waals surface area contributed by atoms with Crippen LogP contribution in [-0.4, -0.2) is 5.91 Å². The fourth-order valence-electron chi connectivity index (χ4n) is 1.75. The van der Waals surface area contributed by atoms with Crippen LogP contribution >= 0.6 is 27.5 Å². The lowest BCUT2D eigenvalue weighted by Crippen LogP contribution is -2.12. The van der Waals surface area contributed by atoms with Crippen LogP contribution in [0.2, 0.25) is 5.02 Å². The Labute approximate surface area is 125 Å². The molecule has 0 atom stereocenters. The summed E-state index contributed by atoms with van der Waals surface area (Å²) in [4.78, 5) is 12.2. The maximum absolute atomic E-state index is 12.2. The highest BCUT2D eigenvalue weighted by Crippen LogP contribution is 2.21. The molecule has 0 radical (unpaired) electrons. The second-order valence-corrected chi connectivity index (χ2v) is 5.67. The number of hydrogen-bond donors (Lipinski definition) is 1. The Bertz CT molecular complexity index is 640. The first-order chi connectivity index (χ1) is 8.97. The van der Waals surface area contributed by atoms with Gasteiger partial charge in [0.25, 0.3) is 5.91 Å². The standard InChI is InChI=1S/C15H13BrClNO/c1-9-7-11(3-5-13(9)16)15(19)18-14-6-4-12(17)8-10(14)2/h3-8H,1-2H3,(H,18,19). The molecule has 0 bridgehead atoms. The summed E-state index contributed by atoms with van der Waals surface area (Å²) in [5.74, 6) is -0.124. The Hall–Kier alpha value is -1.32. The van der Waals surface area contributed by atoms with Crippen LogP contribution in [0.15, 0.2) is 40.9 Å². The van der Waals surface area contributed by atoms with Gasteiger partial charge in [0.15, 0.2) is 0 Å². The number of halogens is 2. The number of amides is 1. The summed E-state index contributed by atoms with van der Waals surface area (Å²) in [5.41, 5.74) is 3.38. The van der Waals surface area contributed by atoms with Crippen molar-refractivity contribution in [1.82, 2.24) is 0 Å². The Balaban J connectivity index is 2.23. The average molecular weight is 339 g/mol. The van der Waals surface area contributed by atoms with Gasteiger partial charge in [0, 0.05) is 20.7 Å². The highest BCUT2D eigenvalue weighted by Gasteiger charge is 2.09. The van der Waals surface area contributed by atoms with Crippen molar-refractivity contribution in [2.75, 3.05) is 5.32 Å². The number of benzene rings is 2. The van der Waals surface area contributed by atoms with Gasteiger partial charge < -0.3 is 5.32 Å². The van der Waals surface area contributed by atoms with Gasteiger partial charge in [0.05, 0.1) is 0 Å². The van der Waals surface area contributed by atoms with E-state index in [0.717, 1.165) is 21.3 Å². The van der Waals surface area contributed by atoms with E-state index in [4.69, 9.17) is 11.6 Å². The summed E-state index contributed by atoms with van der Waals surface area (Å²) in [6.45, 7) is 3.86. The van der Waals surface area contributed by atoms with Crippen molar-refractivity contribution in [3.8, 4) is 0 Å². The minimum absolute atomic E-state index is 0.124. The van der Waals surface area contributed by atoms with Crippen LogP contribution in [0.25, 0.3) is 0 Å². The zero-order valence-corrected chi connectivity index (χ0v) is 13.0. The predicted molar refractivity (Wildman–Crippen MR) is 83.0 cm³/mol. The number of nitrogens with one attached hydrogen (secondary N) is 1. The third-order valence-corrected chi connectivity index (χ3v) is 3.98. The second-order valence-electron chi connectivity index (χ2n) is 4.38. The van der Waals surface area contributed by atoms with E-state index in [1.165, 1.54) is 0 Å². The smallest absolute Gasteiger partial charge is 0.255 e. The molecule has 2 rings (SSSR count). The first-order valence-corrected chi connectivity index (χ1v) is 6.98. The summed E-state index contributed by atoms with van der Waals surface area (Å²) in [6, 6.07) is 10.9. The second kappa shape index (κ2) is 5.76. The third kappa shape index (κ3) is 3.37. The molecule has 2 aromatic carbocycles. The first-order valence-electron chi connectivity index (χ1n) is 5.81. The van der Waals surface area contributed by atoms with Crippen LogP contribution in [0.3, 0.4) is 0 Å². The molecule has 0 saturated carbocycles. The van der Waals surface area contributed by atoms with Crippen molar-refractivity contribution < 1.29 is 4.79 Å². The molecule has 0 aliphatic rings. The van der Waals surface area contributed by atoms with E-state index in [-0.39, 0.29) is 5.91 Å². The predicted octanol–water partition coefficient (Wildman–Crippen LogP) is 4.97. The van der Waals surface area contributed by atoms with Gasteiger partial charge >= 0.3 is 0 Å². The third-order valence-electron chi connectivity index (χ3n) is 2.86. The monoisotopic (exact) mass is 337 g/mol. The SMILES string of the molecule is Cc1cc(C(=O)Nc2ccc(Cl)cc2C)ccc1Br. The highest BCUT2D eigenvalue weighted by molar-refractivity contribution is 9.10. The molecule has 19 heavy (non-hydrogen) atoms. The number of rotatable bonds is 2. The van der Waals surface area contributed by atoms with E-state index < -0.39 is 0 Å². The molecule has 2 nitrogen and oxygen atoms in total. The van der Waals surface area contributed by atoms with Crippen LogP contribution < -0.4 is 5.32 Å². The van der Waals surface area contributed by atoms with Crippen molar-refractivity contribution in [3.05, 3.63) is 62.6 Å². The summed E-state index contributed by atoms with van der Waals surface area (Å²) >= 11 is 9.31. The molecule has 2 aromatic rings. The van der Waals surface area contributed by atoms with Gasteiger partial charge in [-0.3, -0.25) is 4.79 Å². The topological polar surface area (TPSA) is 29.1 Å². The van der Waals surface area contributed by atoms with Crippen LogP contribution in [0.4, 0.5) is 5.69 Å². The molecule has 1 N–H and O–H groups in total. The Morgan fingerprint density at radius 2 is 1.84 bits per heavy atom. The maximum Gasteiger partial charge on any atom is 0.255 e. The van der Waals surface area contributed by atoms with Gasteiger partial charge in [-0.2, -0.15) is 0 Å². The number of hydrogen-bond acceptors (Lipinski definition) is 1. The lowest BCUT2D eigenvalue weighted by molar-refractivity contribution is 0.102. The molecule has 0 spiro atoms. The molecule has 0 aliphatic heterocycles. The molecule has 0 unspecified atom stereocenters. The van der Waals surface area contributed by atoms with Gasteiger partial charge in [0.1, 0.15) is 0 Å². The van der Waals surface area contributed by atoms with E-state index in [0.29, 0.717) is 10.6 Å². The van der Waals surface area contributed by atoms with Crippen LogP contribution in [-0.2, 0) is 0 Å². The molecular weight excluding hydrogens is 326 g/mol. The van der Waals surface area contributed by atoms with E-state index in [9.17, 15) is 4.79 Å². The average Bonchev–Trinajstić information content (AvgIpc) is 2.36. The maximum atomic E-state index is 12.2. The molecular formula is C15H13BrClNO. The summed E-state index contributed by atoms with van der Waals surface area (Å²) < 4.78 is 0.992. The molecule has 0 aliphatic carbocycles. The van der Waals surface area contributed by atoms with E-state index in [1.54, 1.807) is 18.2 Å². The fraction of sp³-hybridized carbons (Fsp3) is 0.133. The minimum Gasteiger partial charge on any atom is -0.322 e. The normalized spacial score (nSPS) is 10.3. The van der Waals surface area contributed by atoms with Crippen LogP contribution in [0.1, 0.15) is 21.5 Å². The van der Waals surface area contributed by atoms with Gasteiger partial charge in [-0.15, -0.1) is 0 Å². The molecule has 4 heteroatoms. The van der Waals surface area contributed by atoms with E-state index in [1.807, 2.05) is 32.0 Å². The fourth-order valence-corrected chi connectivity index (χ4v) is 2.22. The van der Waals surface area contributed by atoms with Crippen molar-refractivity contribution in [3.63, 3.8) is 0 Å². The molecule has 0 aromatic heterocycles. The molecule has 1 amide bonds. The van der Waals surface area contributed by atoms with Crippen molar-refractivity contribution >= 4 is 39.1 Å². The van der Waals surface area contributed by atoms with Crippen molar-refractivity contribution in [2.45, 2.75) is 13.8 Å². The quantitative estimate of drug-likeness (QED) is 0.823. The summed E-state index contributed by atoms with van der Waals surface area (Å²) in [6.07, 6.45) is 0. The Morgan fingerprint density at radius 3 is 2.47 bits per heavy atom. The molecule has 0 fully saturated rings. The first kappa shape index (κ1) is 14.1. The Kier molecular flexibility index (Phi) is 4.27. The molecule has 0 heterocycles. The lowest BCUT2D eigenvalue weighted by atomic mass is 10.1. The van der Waals surface area contributed by atoms with Gasteiger partial charge in [0.2, 0.25) is 0 Å². The molecule has 0 saturated heterocycles. The highest BCUT2D eigenvalue weighted by atomic mass is 79.9. The number of anilines is 1. The zero-order chi connectivity index (χ0) is 14.0.